The summed E-state index contributed by atoms with van der Waals surface area (Å²) < 4.78 is 7.77. The molecule has 21 heavy (non-hydrogen) atoms. The summed E-state index contributed by atoms with van der Waals surface area (Å²) in [7, 11) is 0. The molecule has 0 saturated carbocycles. The normalized spacial score (nSPS) is 11.4. The summed E-state index contributed by atoms with van der Waals surface area (Å²) >= 11 is 4.95. The predicted octanol–water partition coefficient (Wildman–Crippen LogP) is 3.68. The van der Waals surface area contributed by atoms with E-state index >= 15 is 0 Å². The van der Waals surface area contributed by atoms with Gasteiger partial charge in [0.25, 0.3) is 5.56 Å². The van der Waals surface area contributed by atoms with Crippen molar-refractivity contribution in [1.82, 2.24) is 4.57 Å². The van der Waals surface area contributed by atoms with Gasteiger partial charge in [-0.05, 0) is 65.8 Å². The second-order valence-corrected chi connectivity index (χ2v) is 7.91. The van der Waals surface area contributed by atoms with Gasteiger partial charge in [0.2, 0.25) is 0 Å². The van der Waals surface area contributed by atoms with Crippen molar-refractivity contribution in [2.24, 2.45) is 0 Å². The number of nitrogens with zero attached hydrogens (tertiary/aromatic N) is 1. The van der Waals surface area contributed by atoms with Gasteiger partial charge in [-0.15, -0.1) is 11.3 Å². The first-order valence-electron chi connectivity index (χ1n) is 6.42. The number of ether oxygens (including phenoxy) is 1. The standard InChI is InChI=1S/C15H16BrNO3S/c1-15(2,3)20-14(19)11-5-4-6-17(13(11)18)8-10-7-12(16)21-9-10/h4-7,9H,8H2,1-3H3. The van der Waals surface area contributed by atoms with Gasteiger partial charge in [0.15, 0.2) is 0 Å². The third kappa shape index (κ3) is 4.28. The maximum absolute atomic E-state index is 12.4. The zero-order valence-corrected chi connectivity index (χ0v) is 14.5. The van der Waals surface area contributed by atoms with E-state index in [1.54, 1.807) is 44.4 Å². The summed E-state index contributed by atoms with van der Waals surface area (Å²) in [5.74, 6) is -0.589. The topological polar surface area (TPSA) is 48.3 Å². The molecule has 0 amide bonds. The Bertz CT molecular complexity index is 712. The Balaban J connectivity index is 2.28. The number of pyridine rings is 1. The number of hydrogen-bond donors (Lipinski definition) is 0. The number of carbonyl (C=O) groups is 1. The van der Waals surface area contributed by atoms with Gasteiger partial charge >= 0.3 is 5.97 Å². The van der Waals surface area contributed by atoms with Crippen LogP contribution in [0.4, 0.5) is 0 Å². The molecule has 0 aliphatic carbocycles. The molecule has 0 aromatic carbocycles. The second kappa shape index (κ2) is 6.15. The van der Waals surface area contributed by atoms with Crippen LogP contribution in [0.3, 0.4) is 0 Å². The van der Waals surface area contributed by atoms with Gasteiger partial charge in [0.1, 0.15) is 11.2 Å². The molecule has 112 valence electrons. The van der Waals surface area contributed by atoms with Crippen LogP contribution in [0.15, 0.2) is 38.4 Å². The third-order valence-electron chi connectivity index (χ3n) is 2.61. The fourth-order valence-electron chi connectivity index (χ4n) is 1.78. The van der Waals surface area contributed by atoms with Gasteiger partial charge in [-0.3, -0.25) is 4.79 Å². The van der Waals surface area contributed by atoms with Gasteiger partial charge in [-0.2, -0.15) is 0 Å². The van der Waals surface area contributed by atoms with E-state index in [9.17, 15) is 9.59 Å². The van der Waals surface area contributed by atoms with Crippen molar-refractivity contribution in [3.63, 3.8) is 0 Å². The first-order chi connectivity index (χ1) is 9.76. The lowest BCUT2D eigenvalue weighted by Gasteiger charge is -2.19. The van der Waals surface area contributed by atoms with Crippen LogP contribution >= 0.6 is 27.3 Å². The summed E-state index contributed by atoms with van der Waals surface area (Å²) in [6.45, 7) is 5.75. The van der Waals surface area contributed by atoms with Gasteiger partial charge in [-0.1, -0.05) is 0 Å². The van der Waals surface area contributed by atoms with Crippen LogP contribution in [0.2, 0.25) is 0 Å². The van der Waals surface area contributed by atoms with Gasteiger partial charge < -0.3 is 9.30 Å². The van der Waals surface area contributed by atoms with Crippen LogP contribution in [0.5, 0.6) is 0 Å². The highest BCUT2D eigenvalue weighted by molar-refractivity contribution is 9.11. The van der Waals surface area contributed by atoms with Crippen LogP contribution in [0.25, 0.3) is 0 Å². The Kier molecular flexibility index (Phi) is 4.68. The van der Waals surface area contributed by atoms with E-state index in [0.29, 0.717) is 6.54 Å². The molecule has 0 radical (unpaired) electrons. The number of thiophene rings is 1. The third-order valence-corrected chi connectivity index (χ3v) is 4.17. The molecule has 2 aromatic heterocycles. The molecule has 2 heterocycles. The minimum absolute atomic E-state index is 0.0571. The van der Waals surface area contributed by atoms with Crippen molar-refractivity contribution in [2.45, 2.75) is 32.9 Å². The average Bonchev–Trinajstić information content (AvgIpc) is 2.75. The lowest BCUT2D eigenvalue weighted by molar-refractivity contribution is 0.00669. The predicted molar refractivity (Wildman–Crippen MR) is 87.0 cm³/mol. The maximum atomic E-state index is 12.4. The Morgan fingerprint density at radius 2 is 2.14 bits per heavy atom. The van der Waals surface area contributed by atoms with E-state index in [1.807, 2.05) is 11.4 Å². The van der Waals surface area contributed by atoms with Crippen molar-refractivity contribution < 1.29 is 9.53 Å². The van der Waals surface area contributed by atoms with Crippen molar-refractivity contribution in [3.8, 4) is 0 Å². The molecule has 6 heteroatoms. The first-order valence-corrected chi connectivity index (χ1v) is 8.09. The lowest BCUT2D eigenvalue weighted by atomic mass is 10.2. The summed E-state index contributed by atoms with van der Waals surface area (Å²) in [5, 5.41) is 1.97. The molecule has 0 aliphatic rings. The molecule has 0 N–H and O–H groups in total. The van der Waals surface area contributed by atoms with Crippen molar-refractivity contribution in [2.75, 3.05) is 0 Å². The van der Waals surface area contributed by atoms with E-state index < -0.39 is 11.6 Å². The molecule has 0 aliphatic heterocycles. The zero-order chi connectivity index (χ0) is 15.6. The van der Waals surface area contributed by atoms with E-state index in [1.165, 1.54) is 10.6 Å². The molecular formula is C15H16BrNO3S. The molecule has 0 unspecified atom stereocenters. The lowest BCUT2D eigenvalue weighted by Crippen LogP contribution is -2.31. The van der Waals surface area contributed by atoms with Crippen LogP contribution in [-0.4, -0.2) is 16.1 Å². The second-order valence-electron chi connectivity index (χ2n) is 5.62. The Morgan fingerprint density at radius 3 is 2.71 bits per heavy atom. The number of halogens is 1. The van der Waals surface area contributed by atoms with E-state index in [0.717, 1.165) is 9.35 Å². The molecule has 2 rings (SSSR count). The van der Waals surface area contributed by atoms with Crippen molar-refractivity contribution >= 4 is 33.2 Å². The fraction of sp³-hybridized carbons (Fsp3) is 0.333. The number of hydrogen-bond acceptors (Lipinski definition) is 4. The minimum Gasteiger partial charge on any atom is -0.456 e. The van der Waals surface area contributed by atoms with E-state index in [2.05, 4.69) is 15.9 Å². The number of esters is 1. The molecule has 4 nitrogen and oxygen atoms in total. The van der Waals surface area contributed by atoms with Crippen LogP contribution in [0, 0.1) is 0 Å². The van der Waals surface area contributed by atoms with Crippen LogP contribution < -0.4 is 5.56 Å². The van der Waals surface area contributed by atoms with Gasteiger partial charge in [0.05, 0.1) is 10.3 Å². The largest absolute Gasteiger partial charge is 0.456 e. The van der Waals surface area contributed by atoms with Crippen LogP contribution in [-0.2, 0) is 11.3 Å². The SMILES string of the molecule is CC(C)(C)OC(=O)c1cccn(Cc2csc(Br)c2)c1=O. The van der Waals surface area contributed by atoms with Crippen LogP contribution in [0.1, 0.15) is 36.7 Å². The molecule has 0 atom stereocenters. The quantitative estimate of drug-likeness (QED) is 0.775. The van der Waals surface area contributed by atoms with Crippen molar-refractivity contribution in [1.29, 1.82) is 0 Å². The highest BCUT2D eigenvalue weighted by Crippen LogP contribution is 2.21. The Labute approximate surface area is 135 Å². The summed E-state index contributed by atoms with van der Waals surface area (Å²) in [4.78, 5) is 24.4. The zero-order valence-electron chi connectivity index (χ0n) is 12.1. The maximum Gasteiger partial charge on any atom is 0.344 e. The molecular weight excluding hydrogens is 354 g/mol. The van der Waals surface area contributed by atoms with Gasteiger partial charge in [0, 0.05) is 6.20 Å². The number of rotatable bonds is 3. The highest BCUT2D eigenvalue weighted by atomic mass is 79.9. The smallest absolute Gasteiger partial charge is 0.344 e. The summed E-state index contributed by atoms with van der Waals surface area (Å²) in [5.41, 5.74) is 0.105. The summed E-state index contributed by atoms with van der Waals surface area (Å²) in [6.07, 6.45) is 1.67. The Hall–Kier alpha value is -1.40. The van der Waals surface area contributed by atoms with E-state index in [-0.39, 0.29) is 11.1 Å². The molecule has 2 aromatic rings. The number of aromatic nitrogens is 1. The number of carbonyl (C=O) groups excluding carboxylic acids is 1. The minimum atomic E-state index is -0.623. The van der Waals surface area contributed by atoms with E-state index in [4.69, 9.17) is 4.74 Å². The molecule has 0 bridgehead atoms. The Morgan fingerprint density at radius 1 is 1.43 bits per heavy atom. The first kappa shape index (κ1) is 16.0. The van der Waals surface area contributed by atoms with Gasteiger partial charge in [-0.25, -0.2) is 4.79 Å². The highest BCUT2D eigenvalue weighted by Gasteiger charge is 2.20. The molecule has 0 saturated heterocycles. The molecule has 0 spiro atoms. The monoisotopic (exact) mass is 369 g/mol. The molecule has 0 fully saturated rings. The summed E-state index contributed by atoms with van der Waals surface area (Å²) in [6, 6.07) is 5.13. The fourth-order valence-corrected chi connectivity index (χ4v) is 2.98. The average molecular weight is 370 g/mol. The van der Waals surface area contributed by atoms with Crippen molar-refractivity contribution in [3.05, 3.63) is 55.0 Å².